The van der Waals surface area contributed by atoms with Crippen LogP contribution in [0.3, 0.4) is 0 Å². The van der Waals surface area contributed by atoms with Crippen LogP contribution in [0.2, 0.25) is 0 Å². The minimum absolute atomic E-state index is 0. The van der Waals surface area contributed by atoms with E-state index in [1.165, 1.54) is 64.2 Å². The van der Waals surface area contributed by atoms with E-state index in [0.717, 1.165) is 64.2 Å². The third-order valence-electron chi connectivity index (χ3n) is 5.18. The van der Waals surface area contributed by atoms with Gasteiger partial charge in [0.2, 0.25) is 0 Å². The van der Waals surface area contributed by atoms with E-state index in [0.29, 0.717) is 0 Å². The average molecular weight is 604 g/mol. The van der Waals surface area contributed by atoms with Gasteiger partial charge in [0.1, 0.15) is 0 Å². The first-order valence-corrected chi connectivity index (χ1v) is 14.4. The van der Waals surface area contributed by atoms with E-state index in [9.17, 15) is 19.8 Å². The number of rotatable bonds is 20. The van der Waals surface area contributed by atoms with Gasteiger partial charge in [-0.2, -0.15) is 0 Å². The summed E-state index contributed by atoms with van der Waals surface area (Å²) in [6.45, 7) is 16.2. The summed E-state index contributed by atoms with van der Waals surface area (Å²) in [4.78, 5) is 19.7. The van der Waals surface area contributed by atoms with Crippen molar-refractivity contribution in [3.05, 3.63) is 13.8 Å². The zero-order valence-corrected chi connectivity index (χ0v) is 27.0. The first kappa shape index (κ1) is 44.7. The maximum atomic E-state index is 9.85. The summed E-state index contributed by atoms with van der Waals surface area (Å²) in [5, 5.41) is 19.7. The van der Waals surface area contributed by atoms with E-state index >= 15 is 0 Å². The monoisotopic (exact) mass is 604 g/mol. The fourth-order valence-corrected chi connectivity index (χ4v) is 2.95. The Hall–Kier alpha value is -0.261. The van der Waals surface area contributed by atoms with Crippen LogP contribution in [0.1, 0.15) is 169 Å². The summed E-state index contributed by atoms with van der Waals surface area (Å²) < 4.78 is 0. The van der Waals surface area contributed by atoms with Gasteiger partial charge in [-0.05, 0) is 25.7 Å². The van der Waals surface area contributed by atoms with E-state index in [2.05, 4.69) is 41.5 Å². The van der Waals surface area contributed by atoms with Crippen LogP contribution in [0.5, 0.6) is 0 Å². The molecular weight excluding hydrogens is 543 g/mol. The Morgan fingerprint density at radius 2 is 0.686 bits per heavy atom. The van der Waals surface area contributed by atoms with Gasteiger partial charge < -0.3 is 19.8 Å². The summed E-state index contributed by atoms with van der Waals surface area (Å²) >= 11 is 0. The van der Waals surface area contributed by atoms with Crippen LogP contribution in [-0.2, 0) is 9.59 Å². The minimum Gasteiger partial charge on any atom is -0.550 e. The second kappa shape index (κ2) is 47.0. The van der Waals surface area contributed by atoms with Crippen LogP contribution in [0, 0.1) is 13.8 Å². The van der Waals surface area contributed by atoms with Crippen molar-refractivity contribution in [1.29, 1.82) is 0 Å². The molecule has 0 saturated heterocycles. The van der Waals surface area contributed by atoms with Crippen molar-refractivity contribution in [3.63, 3.8) is 0 Å². The second-order valence-corrected chi connectivity index (χ2v) is 8.90. The topological polar surface area (TPSA) is 80.3 Å². The molecule has 0 aromatic carbocycles. The molecule has 208 valence electrons. The first-order chi connectivity index (χ1) is 16.4. The average Bonchev–Trinajstić information content (AvgIpc) is 2.81. The Morgan fingerprint density at radius 1 is 0.457 bits per heavy atom. The van der Waals surface area contributed by atoms with E-state index in [4.69, 9.17) is 0 Å². The fourth-order valence-electron chi connectivity index (χ4n) is 2.95. The number of aliphatic carboxylic acids is 2. The van der Waals surface area contributed by atoms with E-state index < -0.39 is 11.9 Å². The van der Waals surface area contributed by atoms with Gasteiger partial charge in [0.05, 0.1) is 0 Å². The molecule has 5 heteroatoms. The fraction of sp³-hybridized carbons (Fsp3) is 0.867. The number of carbonyl (C=O) groups excluding carboxylic acids is 2. The molecule has 0 fully saturated rings. The summed E-state index contributed by atoms with van der Waals surface area (Å²) in [6.07, 6.45) is 24.5. The molecule has 0 spiro atoms. The van der Waals surface area contributed by atoms with Crippen molar-refractivity contribution in [1.82, 2.24) is 0 Å². The second-order valence-electron chi connectivity index (χ2n) is 8.90. The van der Waals surface area contributed by atoms with Gasteiger partial charge in [-0.3, -0.25) is 0 Å². The Morgan fingerprint density at radius 3 is 0.886 bits per heavy atom. The quantitative estimate of drug-likeness (QED) is 0.107. The summed E-state index contributed by atoms with van der Waals surface area (Å²) in [5.74, 6) is -1.85. The van der Waals surface area contributed by atoms with E-state index in [1.54, 1.807) is 0 Å². The van der Waals surface area contributed by atoms with Crippen molar-refractivity contribution in [2.45, 2.75) is 169 Å². The predicted octanol–water partition coefficient (Wildman–Crippen LogP) is 7.39. The van der Waals surface area contributed by atoms with Gasteiger partial charge in [0.25, 0.3) is 0 Å². The van der Waals surface area contributed by atoms with Crippen molar-refractivity contribution < 1.29 is 19.8 Å². The van der Waals surface area contributed by atoms with Crippen molar-refractivity contribution >= 4 is 35.8 Å². The third-order valence-corrected chi connectivity index (χ3v) is 5.18. The van der Waals surface area contributed by atoms with Crippen molar-refractivity contribution in [2.75, 3.05) is 0 Å². The zero-order valence-electron chi connectivity index (χ0n) is 24.1. The molecule has 0 aromatic rings. The largest absolute Gasteiger partial charge is 2.00 e. The molecule has 4 radical (unpaired) electrons. The third kappa shape index (κ3) is 71.9. The maximum Gasteiger partial charge on any atom is 2.00 e. The summed E-state index contributed by atoms with van der Waals surface area (Å²) in [5.41, 5.74) is 0. The molecule has 0 aliphatic carbocycles. The normalized spacial score (nSPS) is 9.31. The smallest absolute Gasteiger partial charge is 0.550 e. The number of hydrogen-bond acceptors (Lipinski definition) is 4. The molecule has 0 heterocycles. The van der Waals surface area contributed by atoms with Gasteiger partial charge in [-0.1, -0.05) is 157 Å². The van der Waals surface area contributed by atoms with Crippen LogP contribution in [0.4, 0.5) is 0 Å². The number of carboxylic acid groups (broad SMARTS) is 2. The summed E-state index contributed by atoms with van der Waals surface area (Å²) in [6, 6.07) is 0. The van der Waals surface area contributed by atoms with Gasteiger partial charge in [-0.25, -0.2) is 0 Å². The standard InChI is InChI=1S/2C8H17.2C7H14O2.Sn/c2*1-3-5-7-8-6-4-2;2*1-2-3-4-5-6-7(8)9;/h2*1,3-8H2,2H3;2*2-6H2,1H3,(H,8,9);/q;;;;+2/p-2. The maximum absolute atomic E-state index is 9.85. The molecule has 0 aromatic heterocycles. The van der Waals surface area contributed by atoms with E-state index in [-0.39, 0.29) is 36.7 Å². The van der Waals surface area contributed by atoms with Crippen LogP contribution in [0.15, 0.2) is 0 Å². The van der Waals surface area contributed by atoms with Gasteiger partial charge >= 0.3 is 23.9 Å². The molecule has 0 saturated carbocycles. The molecule has 0 unspecified atom stereocenters. The van der Waals surface area contributed by atoms with Crippen molar-refractivity contribution in [3.8, 4) is 0 Å². The number of carboxylic acids is 2. The van der Waals surface area contributed by atoms with Gasteiger partial charge in [0.15, 0.2) is 0 Å². The number of carbonyl (C=O) groups is 2. The Kier molecular flexibility index (Phi) is 60.0. The van der Waals surface area contributed by atoms with E-state index in [1.807, 2.05) is 0 Å². The van der Waals surface area contributed by atoms with Gasteiger partial charge in [0, 0.05) is 11.9 Å². The molecule has 0 N–H and O–H groups in total. The zero-order chi connectivity index (χ0) is 26.7. The molecule has 0 amide bonds. The number of unbranched alkanes of at least 4 members (excludes halogenated alkanes) is 16. The van der Waals surface area contributed by atoms with Gasteiger partial charge in [-0.15, -0.1) is 0 Å². The summed E-state index contributed by atoms with van der Waals surface area (Å²) in [7, 11) is 0. The molecule has 0 rings (SSSR count). The molecule has 35 heavy (non-hydrogen) atoms. The Labute approximate surface area is 237 Å². The minimum atomic E-state index is -0.925. The molecule has 4 nitrogen and oxygen atoms in total. The molecule has 0 bridgehead atoms. The molecule has 0 atom stereocenters. The first-order valence-electron chi connectivity index (χ1n) is 14.4. The Balaban J connectivity index is -0.000000113. The SMILES string of the molecule is CCCCCCC(=O)[O-].CCCCCCC(=O)[O-].[CH2]CCCCCCC.[CH2]CCCCCCC.[Sn+2]. The molecule has 0 aliphatic heterocycles. The Bertz CT molecular complexity index is 316. The van der Waals surface area contributed by atoms with Crippen LogP contribution in [0.25, 0.3) is 0 Å². The van der Waals surface area contributed by atoms with Crippen molar-refractivity contribution in [2.24, 2.45) is 0 Å². The van der Waals surface area contributed by atoms with Crippen LogP contribution < -0.4 is 10.2 Å². The molecular formula is C30H60O4Sn. The van der Waals surface area contributed by atoms with Crippen LogP contribution >= 0.6 is 0 Å². The molecule has 0 aliphatic rings. The van der Waals surface area contributed by atoms with Crippen LogP contribution in [-0.4, -0.2) is 35.8 Å². The predicted molar refractivity (Wildman–Crippen MR) is 151 cm³/mol. The number of hydrogen-bond donors (Lipinski definition) is 0.